The van der Waals surface area contributed by atoms with Crippen LogP contribution in [0.5, 0.6) is 0 Å². The van der Waals surface area contributed by atoms with Crippen molar-refractivity contribution in [1.29, 1.82) is 0 Å². The van der Waals surface area contributed by atoms with Crippen LogP contribution in [0, 0.1) is 0 Å². The van der Waals surface area contributed by atoms with Crippen LogP contribution in [0.2, 0.25) is 0 Å². The van der Waals surface area contributed by atoms with E-state index in [1.54, 1.807) is 13.8 Å². The normalized spacial score (nSPS) is 15.1. The zero-order valence-electron chi connectivity index (χ0n) is 17.3. The Balaban J connectivity index is 1.87. The van der Waals surface area contributed by atoms with E-state index in [9.17, 15) is 27.6 Å². The van der Waals surface area contributed by atoms with Crippen molar-refractivity contribution < 1.29 is 37.0 Å². The Labute approximate surface area is 185 Å². The van der Waals surface area contributed by atoms with E-state index in [0.29, 0.717) is 18.4 Å². The number of alkyl halides is 3. The molecule has 172 valence electrons. The van der Waals surface area contributed by atoms with Gasteiger partial charge in [0.25, 0.3) is 0 Å². The summed E-state index contributed by atoms with van der Waals surface area (Å²) in [5.74, 6) is -1.81. The van der Waals surface area contributed by atoms with Crippen LogP contribution in [0.3, 0.4) is 0 Å². The molecule has 1 aromatic heterocycles. The molecule has 1 heterocycles. The molecule has 0 bridgehead atoms. The zero-order valence-corrected chi connectivity index (χ0v) is 18.1. The zero-order chi connectivity index (χ0) is 23.5. The molecular weight excluding hydrogens is 449 g/mol. The van der Waals surface area contributed by atoms with Gasteiger partial charge in [0.15, 0.2) is 0 Å². The number of urea groups is 1. The molecule has 1 aliphatic rings. The number of anilines is 2. The Morgan fingerprint density at radius 1 is 1.12 bits per heavy atom. The molecule has 0 aliphatic heterocycles. The molecule has 1 aromatic carbocycles. The number of esters is 2. The number of ether oxygens (including phenoxy) is 2. The number of rotatable bonds is 6. The SMILES string of the molecule is CCOC(=O)c1c(NC(=O)Nc2cccc(C(F)(F)F)c2)sc2c1[C@@H](C(=O)OCC)CC2. The van der Waals surface area contributed by atoms with Crippen molar-refractivity contribution in [2.45, 2.75) is 38.8 Å². The van der Waals surface area contributed by atoms with Gasteiger partial charge in [-0.15, -0.1) is 11.3 Å². The number of carbonyl (C=O) groups excluding carboxylic acids is 3. The van der Waals surface area contributed by atoms with Gasteiger partial charge in [0.05, 0.1) is 30.3 Å². The second-order valence-corrected chi connectivity index (χ2v) is 7.97. The number of aryl methyl sites for hydroxylation is 1. The van der Waals surface area contributed by atoms with Crippen molar-refractivity contribution >= 4 is 40.0 Å². The summed E-state index contributed by atoms with van der Waals surface area (Å²) in [7, 11) is 0. The van der Waals surface area contributed by atoms with Crippen LogP contribution in [0.15, 0.2) is 24.3 Å². The lowest BCUT2D eigenvalue weighted by molar-refractivity contribution is -0.145. The van der Waals surface area contributed by atoms with E-state index in [4.69, 9.17) is 9.47 Å². The van der Waals surface area contributed by atoms with E-state index >= 15 is 0 Å². The molecule has 0 saturated heterocycles. The van der Waals surface area contributed by atoms with Crippen LogP contribution < -0.4 is 10.6 Å². The monoisotopic (exact) mass is 470 g/mol. The quantitative estimate of drug-likeness (QED) is 0.568. The van der Waals surface area contributed by atoms with Gasteiger partial charge in [-0.1, -0.05) is 6.07 Å². The van der Waals surface area contributed by atoms with E-state index < -0.39 is 35.6 Å². The second-order valence-electron chi connectivity index (χ2n) is 6.86. The summed E-state index contributed by atoms with van der Waals surface area (Å²) in [5, 5.41) is 5.00. The minimum atomic E-state index is -4.55. The summed E-state index contributed by atoms with van der Waals surface area (Å²) >= 11 is 1.13. The molecule has 0 saturated carbocycles. The predicted molar refractivity (Wildman–Crippen MR) is 112 cm³/mol. The van der Waals surface area contributed by atoms with Gasteiger partial charge in [0.2, 0.25) is 0 Å². The summed E-state index contributed by atoms with van der Waals surface area (Å²) in [6, 6.07) is 3.35. The summed E-state index contributed by atoms with van der Waals surface area (Å²) in [4.78, 5) is 38.2. The number of halogens is 3. The number of fused-ring (bicyclic) bond motifs is 1. The van der Waals surface area contributed by atoms with Gasteiger partial charge < -0.3 is 14.8 Å². The first-order chi connectivity index (χ1) is 15.2. The fraction of sp³-hybridized carbons (Fsp3) is 0.381. The molecule has 0 unspecified atom stereocenters. The molecule has 7 nitrogen and oxygen atoms in total. The van der Waals surface area contributed by atoms with Crippen molar-refractivity contribution in [3.63, 3.8) is 0 Å². The van der Waals surface area contributed by atoms with Crippen molar-refractivity contribution in [2.24, 2.45) is 0 Å². The highest BCUT2D eigenvalue weighted by atomic mass is 32.1. The lowest BCUT2D eigenvalue weighted by atomic mass is 9.99. The molecule has 2 amide bonds. The third kappa shape index (κ3) is 5.04. The average molecular weight is 470 g/mol. The fourth-order valence-corrected chi connectivity index (χ4v) is 4.74. The van der Waals surface area contributed by atoms with Crippen molar-refractivity contribution in [2.75, 3.05) is 23.8 Å². The standard InChI is InChI=1S/C21H21F3N2O5S/c1-3-30-18(27)13-8-9-14-15(13)16(19(28)31-4-2)17(32-14)26-20(29)25-12-7-5-6-11(10-12)21(22,23)24/h5-7,10,13H,3-4,8-9H2,1-2H3,(H2,25,26,29)/t13-/m0/s1. The maximum atomic E-state index is 12.9. The van der Waals surface area contributed by atoms with Crippen LogP contribution in [0.25, 0.3) is 0 Å². The average Bonchev–Trinajstić information content (AvgIpc) is 3.26. The molecule has 1 aliphatic carbocycles. The van der Waals surface area contributed by atoms with Crippen LogP contribution in [0.1, 0.15) is 52.5 Å². The maximum Gasteiger partial charge on any atom is 0.416 e. The molecule has 3 rings (SSSR count). The van der Waals surface area contributed by atoms with Crippen LogP contribution >= 0.6 is 11.3 Å². The first-order valence-electron chi connectivity index (χ1n) is 9.90. The third-order valence-electron chi connectivity index (χ3n) is 4.76. The van der Waals surface area contributed by atoms with Crippen LogP contribution in [-0.4, -0.2) is 31.2 Å². The molecule has 1 atom stereocenters. The molecule has 2 N–H and O–H groups in total. The highest BCUT2D eigenvalue weighted by Crippen LogP contribution is 2.46. The number of hydrogen-bond acceptors (Lipinski definition) is 6. The Morgan fingerprint density at radius 3 is 2.50 bits per heavy atom. The minimum Gasteiger partial charge on any atom is -0.466 e. The van der Waals surface area contributed by atoms with E-state index in [1.165, 1.54) is 12.1 Å². The van der Waals surface area contributed by atoms with E-state index in [-0.39, 0.29) is 29.5 Å². The molecule has 0 radical (unpaired) electrons. The Morgan fingerprint density at radius 2 is 1.84 bits per heavy atom. The molecule has 0 fully saturated rings. The number of thiophene rings is 1. The van der Waals surface area contributed by atoms with Gasteiger partial charge >= 0.3 is 24.1 Å². The number of benzene rings is 1. The summed E-state index contributed by atoms with van der Waals surface area (Å²) < 4.78 is 48.9. The van der Waals surface area contributed by atoms with Crippen molar-refractivity contribution in [3.8, 4) is 0 Å². The fourth-order valence-electron chi connectivity index (χ4n) is 3.48. The lowest BCUT2D eigenvalue weighted by Crippen LogP contribution is -2.22. The number of amides is 2. The molecule has 11 heteroatoms. The van der Waals surface area contributed by atoms with Gasteiger partial charge in [-0.2, -0.15) is 13.2 Å². The number of carbonyl (C=O) groups is 3. The molecule has 2 aromatic rings. The van der Waals surface area contributed by atoms with Gasteiger partial charge in [-0.05, 0) is 50.5 Å². The first-order valence-corrected chi connectivity index (χ1v) is 10.7. The van der Waals surface area contributed by atoms with Gasteiger partial charge in [-0.3, -0.25) is 10.1 Å². The summed E-state index contributed by atoms with van der Waals surface area (Å²) in [6.07, 6.45) is -3.56. The maximum absolute atomic E-state index is 12.9. The van der Waals surface area contributed by atoms with Crippen LogP contribution in [0.4, 0.5) is 28.7 Å². The van der Waals surface area contributed by atoms with Gasteiger partial charge in [-0.25, -0.2) is 9.59 Å². The van der Waals surface area contributed by atoms with E-state index in [0.717, 1.165) is 28.3 Å². The minimum absolute atomic E-state index is 0.0662. The van der Waals surface area contributed by atoms with Gasteiger partial charge in [0, 0.05) is 10.6 Å². The predicted octanol–water partition coefficient (Wildman–Crippen LogP) is 5.18. The first kappa shape index (κ1) is 23.6. The Bertz CT molecular complexity index is 1030. The number of nitrogens with one attached hydrogen (secondary N) is 2. The van der Waals surface area contributed by atoms with Crippen molar-refractivity contribution in [1.82, 2.24) is 0 Å². The van der Waals surface area contributed by atoms with E-state index in [2.05, 4.69) is 10.6 Å². The van der Waals surface area contributed by atoms with Crippen LogP contribution in [-0.2, 0) is 26.9 Å². The van der Waals surface area contributed by atoms with E-state index in [1.807, 2.05) is 0 Å². The molecule has 32 heavy (non-hydrogen) atoms. The lowest BCUT2D eigenvalue weighted by Gasteiger charge is -2.14. The molecular formula is C21H21F3N2O5S. The Kier molecular flexibility index (Phi) is 7.07. The third-order valence-corrected chi connectivity index (χ3v) is 5.94. The topological polar surface area (TPSA) is 93.7 Å². The summed E-state index contributed by atoms with van der Waals surface area (Å²) in [5.41, 5.74) is -0.429. The highest BCUT2D eigenvalue weighted by molar-refractivity contribution is 7.17. The summed E-state index contributed by atoms with van der Waals surface area (Å²) in [6.45, 7) is 3.58. The smallest absolute Gasteiger partial charge is 0.416 e. The molecule has 0 spiro atoms. The Hall–Kier alpha value is -3.08. The second kappa shape index (κ2) is 9.60. The van der Waals surface area contributed by atoms with Gasteiger partial charge in [0.1, 0.15) is 5.00 Å². The number of hydrogen-bond donors (Lipinski definition) is 2. The highest BCUT2D eigenvalue weighted by Gasteiger charge is 2.38. The van der Waals surface area contributed by atoms with Crippen molar-refractivity contribution in [3.05, 3.63) is 45.8 Å². The largest absolute Gasteiger partial charge is 0.466 e.